The van der Waals surface area contributed by atoms with Gasteiger partial charge in [-0.2, -0.15) is 0 Å². The smallest absolute Gasteiger partial charge is 0.0226 e. The van der Waals surface area contributed by atoms with E-state index in [1.54, 1.807) is 0 Å². The van der Waals surface area contributed by atoms with Crippen LogP contribution < -0.4 is 5.32 Å². The maximum absolute atomic E-state index is 3.50. The first-order valence-electron chi connectivity index (χ1n) is 6.17. The van der Waals surface area contributed by atoms with Crippen LogP contribution in [-0.4, -0.2) is 37.1 Å². The Morgan fingerprint density at radius 3 is 2.80 bits per heavy atom. The van der Waals surface area contributed by atoms with Crippen molar-refractivity contribution in [2.75, 3.05) is 26.2 Å². The molecule has 88 valence electrons. The van der Waals surface area contributed by atoms with Gasteiger partial charge in [0, 0.05) is 32.2 Å². The number of hydrogen-bond acceptors (Lipinski definition) is 2. The molecule has 1 N–H and O–H groups in total. The van der Waals surface area contributed by atoms with E-state index in [1.807, 2.05) is 0 Å². The predicted octanol–water partition coefficient (Wildman–Crippen LogP) is 2.27. The van der Waals surface area contributed by atoms with E-state index < -0.39 is 0 Å². The second kappa shape index (κ2) is 6.29. The second-order valence-electron chi connectivity index (χ2n) is 5.26. The van der Waals surface area contributed by atoms with Gasteiger partial charge in [0.05, 0.1) is 0 Å². The summed E-state index contributed by atoms with van der Waals surface area (Å²) in [5, 5.41) is 3.50. The van der Waals surface area contributed by atoms with E-state index in [0.29, 0.717) is 0 Å². The Bertz CT molecular complexity index is 205. The molecule has 0 radical (unpaired) electrons. The van der Waals surface area contributed by atoms with Crippen LogP contribution in [0.15, 0.2) is 11.6 Å². The van der Waals surface area contributed by atoms with Crippen molar-refractivity contribution in [3.63, 3.8) is 0 Å². The van der Waals surface area contributed by atoms with E-state index in [-0.39, 0.29) is 0 Å². The van der Waals surface area contributed by atoms with Gasteiger partial charge in [-0.25, -0.2) is 0 Å². The van der Waals surface area contributed by atoms with Gasteiger partial charge in [-0.3, -0.25) is 4.90 Å². The van der Waals surface area contributed by atoms with Crippen LogP contribution in [0.2, 0.25) is 0 Å². The summed E-state index contributed by atoms with van der Waals surface area (Å²) in [6.07, 6.45) is 3.66. The zero-order valence-corrected chi connectivity index (χ0v) is 10.7. The zero-order valence-electron chi connectivity index (χ0n) is 10.7. The third kappa shape index (κ3) is 4.80. The third-order valence-electron chi connectivity index (χ3n) is 2.95. The molecule has 1 aliphatic heterocycles. The summed E-state index contributed by atoms with van der Waals surface area (Å²) in [7, 11) is 0. The van der Waals surface area contributed by atoms with Crippen molar-refractivity contribution in [3.8, 4) is 0 Å². The molecule has 0 aromatic carbocycles. The molecule has 0 aromatic heterocycles. The number of allylic oxidation sites excluding steroid dienone is 1. The maximum atomic E-state index is 3.50. The summed E-state index contributed by atoms with van der Waals surface area (Å²) in [5.41, 5.74) is 1.43. The minimum atomic E-state index is 0.731. The van der Waals surface area contributed by atoms with Crippen LogP contribution in [-0.2, 0) is 0 Å². The Morgan fingerprint density at radius 1 is 1.47 bits per heavy atom. The van der Waals surface area contributed by atoms with E-state index in [2.05, 4.69) is 44.0 Å². The average molecular weight is 210 g/mol. The molecule has 0 bridgehead atoms. The lowest BCUT2D eigenvalue weighted by Crippen LogP contribution is -2.51. The Hall–Kier alpha value is -0.340. The lowest BCUT2D eigenvalue weighted by atomic mass is 10.0. The SMILES string of the molecule is CC(C)=CCN1CCNCC1CC(C)C. The molecule has 2 nitrogen and oxygen atoms in total. The van der Waals surface area contributed by atoms with Crippen molar-refractivity contribution < 1.29 is 0 Å². The molecule has 0 aliphatic carbocycles. The summed E-state index contributed by atoms with van der Waals surface area (Å²) < 4.78 is 0. The highest BCUT2D eigenvalue weighted by atomic mass is 15.2. The molecule has 1 rings (SSSR count). The van der Waals surface area contributed by atoms with E-state index >= 15 is 0 Å². The first-order valence-corrected chi connectivity index (χ1v) is 6.17. The molecular formula is C13H26N2. The Morgan fingerprint density at radius 2 is 2.20 bits per heavy atom. The van der Waals surface area contributed by atoms with Crippen molar-refractivity contribution in [2.45, 2.75) is 40.2 Å². The number of nitrogens with zero attached hydrogens (tertiary/aromatic N) is 1. The average Bonchev–Trinajstić information content (AvgIpc) is 2.15. The van der Waals surface area contributed by atoms with Crippen LogP contribution in [0.4, 0.5) is 0 Å². The Balaban J connectivity index is 2.46. The van der Waals surface area contributed by atoms with Crippen molar-refractivity contribution in [1.29, 1.82) is 0 Å². The van der Waals surface area contributed by atoms with Crippen LogP contribution in [0, 0.1) is 5.92 Å². The minimum absolute atomic E-state index is 0.731. The fourth-order valence-corrected chi connectivity index (χ4v) is 2.12. The highest BCUT2D eigenvalue weighted by molar-refractivity contribution is 4.96. The fraction of sp³-hybridized carbons (Fsp3) is 0.846. The molecule has 1 aliphatic rings. The molecule has 0 spiro atoms. The standard InChI is InChI=1S/C13H26N2/c1-11(2)5-7-15-8-6-14-10-13(15)9-12(3)4/h5,12-14H,6-10H2,1-4H3. The molecule has 1 heterocycles. The number of hydrogen-bond donors (Lipinski definition) is 1. The highest BCUT2D eigenvalue weighted by Gasteiger charge is 2.21. The fourth-order valence-electron chi connectivity index (χ4n) is 2.12. The summed E-state index contributed by atoms with van der Waals surface area (Å²) >= 11 is 0. The monoisotopic (exact) mass is 210 g/mol. The molecule has 2 heteroatoms. The quantitative estimate of drug-likeness (QED) is 0.716. The number of rotatable bonds is 4. The highest BCUT2D eigenvalue weighted by Crippen LogP contribution is 2.13. The van der Waals surface area contributed by atoms with Gasteiger partial charge in [-0.15, -0.1) is 0 Å². The van der Waals surface area contributed by atoms with Crippen LogP contribution in [0.3, 0.4) is 0 Å². The van der Waals surface area contributed by atoms with Gasteiger partial charge in [0.15, 0.2) is 0 Å². The topological polar surface area (TPSA) is 15.3 Å². The molecule has 0 aromatic rings. The Kier molecular flexibility index (Phi) is 5.34. The van der Waals surface area contributed by atoms with Gasteiger partial charge in [-0.1, -0.05) is 25.5 Å². The van der Waals surface area contributed by atoms with Crippen LogP contribution in [0.25, 0.3) is 0 Å². The van der Waals surface area contributed by atoms with Crippen molar-refractivity contribution in [3.05, 3.63) is 11.6 Å². The van der Waals surface area contributed by atoms with E-state index in [9.17, 15) is 0 Å². The van der Waals surface area contributed by atoms with Gasteiger partial charge >= 0.3 is 0 Å². The van der Waals surface area contributed by atoms with Gasteiger partial charge in [0.2, 0.25) is 0 Å². The second-order valence-corrected chi connectivity index (χ2v) is 5.26. The molecule has 15 heavy (non-hydrogen) atoms. The number of piperazine rings is 1. The van der Waals surface area contributed by atoms with Crippen molar-refractivity contribution in [1.82, 2.24) is 10.2 Å². The molecular weight excluding hydrogens is 184 g/mol. The van der Waals surface area contributed by atoms with E-state index in [4.69, 9.17) is 0 Å². The van der Waals surface area contributed by atoms with Crippen LogP contribution >= 0.6 is 0 Å². The molecule has 1 unspecified atom stereocenters. The van der Waals surface area contributed by atoms with E-state index in [1.165, 1.54) is 18.5 Å². The zero-order chi connectivity index (χ0) is 11.3. The third-order valence-corrected chi connectivity index (χ3v) is 2.95. The molecule has 1 saturated heterocycles. The van der Waals surface area contributed by atoms with Gasteiger partial charge in [0.1, 0.15) is 0 Å². The first-order chi connectivity index (χ1) is 7.09. The van der Waals surface area contributed by atoms with Crippen molar-refractivity contribution >= 4 is 0 Å². The van der Waals surface area contributed by atoms with Crippen LogP contribution in [0.5, 0.6) is 0 Å². The largest absolute Gasteiger partial charge is 0.314 e. The van der Waals surface area contributed by atoms with Gasteiger partial charge in [-0.05, 0) is 26.2 Å². The lowest BCUT2D eigenvalue weighted by Gasteiger charge is -2.36. The summed E-state index contributed by atoms with van der Waals surface area (Å²) in [6.45, 7) is 13.6. The summed E-state index contributed by atoms with van der Waals surface area (Å²) in [5.74, 6) is 0.795. The molecule has 1 fully saturated rings. The lowest BCUT2D eigenvalue weighted by molar-refractivity contribution is 0.157. The Labute approximate surface area is 94.7 Å². The van der Waals surface area contributed by atoms with Crippen molar-refractivity contribution in [2.24, 2.45) is 5.92 Å². The van der Waals surface area contributed by atoms with E-state index in [0.717, 1.165) is 31.6 Å². The minimum Gasteiger partial charge on any atom is -0.314 e. The summed E-state index contributed by atoms with van der Waals surface area (Å²) in [4.78, 5) is 2.61. The van der Waals surface area contributed by atoms with Crippen LogP contribution in [0.1, 0.15) is 34.1 Å². The predicted molar refractivity (Wildman–Crippen MR) is 67.1 cm³/mol. The molecule has 0 amide bonds. The summed E-state index contributed by atoms with van der Waals surface area (Å²) in [6, 6.07) is 0.731. The first kappa shape index (κ1) is 12.7. The van der Waals surface area contributed by atoms with Gasteiger partial charge < -0.3 is 5.32 Å². The number of nitrogens with one attached hydrogen (secondary N) is 1. The normalized spacial score (nSPS) is 23.1. The molecule has 1 atom stereocenters. The van der Waals surface area contributed by atoms with Gasteiger partial charge in [0.25, 0.3) is 0 Å². The molecule has 0 saturated carbocycles. The maximum Gasteiger partial charge on any atom is 0.0226 e.